The molecule has 0 aromatic heterocycles. The Morgan fingerprint density at radius 3 is 1.47 bits per heavy atom. The molecule has 30 heavy (non-hydrogen) atoms. The Kier molecular flexibility index (Phi) is 10.8. The number of aliphatic carboxylic acids is 1. The summed E-state index contributed by atoms with van der Waals surface area (Å²) in [6, 6.07) is 9.19. The maximum absolute atomic E-state index is 9.97. The minimum absolute atomic E-state index is 0.858. The van der Waals surface area contributed by atoms with Crippen molar-refractivity contribution in [2.75, 3.05) is 0 Å². The van der Waals surface area contributed by atoms with E-state index in [1.807, 2.05) is 30.3 Å². The number of benzene rings is 1. The van der Waals surface area contributed by atoms with Crippen molar-refractivity contribution in [1.82, 2.24) is 0 Å². The van der Waals surface area contributed by atoms with Gasteiger partial charge in [0, 0.05) is 0 Å². The summed E-state index contributed by atoms with van der Waals surface area (Å²) in [7, 11) is 0. The molecule has 3 fully saturated rings. The van der Waals surface area contributed by atoms with Crippen LogP contribution in [0.3, 0.4) is 0 Å². The third-order valence-electron chi connectivity index (χ3n) is 7.44. The van der Waals surface area contributed by atoms with Gasteiger partial charge in [0.15, 0.2) is 0 Å². The molecule has 1 aromatic carbocycles. The Hall–Kier alpha value is -0.771. The number of hydrogen-bond donors (Lipinski definition) is 0. The van der Waals surface area contributed by atoms with Crippen molar-refractivity contribution in [1.29, 1.82) is 0 Å². The molecule has 2 nitrogen and oxygen atoms in total. The fourth-order valence-corrected chi connectivity index (χ4v) is 20.9. The summed E-state index contributed by atoms with van der Waals surface area (Å²) in [6.45, 7) is 0. The maximum Gasteiger partial charge on any atom is 0.0643 e. The first kappa shape index (κ1) is 23.9. The number of carbonyl (C=O) groups is 1. The average Bonchev–Trinajstić information content (AvgIpc) is 2.81. The molecule has 3 aliphatic carbocycles. The molecule has 0 heterocycles. The Labute approximate surface area is 191 Å². The Balaban J connectivity index is 0.000000199. The van der Waals surface area contributed by atoms with Crippen molar-refractivity contribution in [3.8, 4) is 0 Å². The van der Waals surface area contributed by atoms with Crippen molar-refractivity contribution in [3.05, 3.63) is 42.0 Å². The molecule has 0 saturated heterocycles. The summed E-state index contributed by atoms with van der Waals surface area (Å²) in [5, 5.41) is 9.97. The molecule has 0 amide bonds. The SMILES string of the molecule is C1CC[CH]([Sn+]([CH]2CCCCC2)[CH]2CCCCC2)CC1.O=C([O-])C=Cc1ccccc1. The molecule has 1 aromatic rings. The Morgan fingerprint density at radius 1 is 0.700 bits per heavy atom. The van der Waals surface area contributed by atoms with Crippen molar-refractivity contribution < 1.29 is 9.90 Å². The summed E-state index contributed by atoms with van der Waals surface area (Å²) >= 11 is -1.15. The molecule has 0 spiro atoms. The molecule has 3 heteroatoms. The van der Waals surface area contributed by atoms with Crippen LogP contribution in [0.15, 0.2) is 36.4 Å². The van der Waals surface area contributed by atoms with Gasteiger partial charge in [0.2, 0.25) is 0 Å². The first-order valence-electron chi connectivity index (χ1n) is 12.5. The minimum atomic E-state index is -1.17. The van der Waals surface area contributed by atoms with Gasteiger partial charge in [0.1, 0.15) is 0 Å². The third kappa shape index (κ3) is 8.05. The quantitative estimate of drug-likeness (QED) is 0.315. The van der Waals surface area contributed by atoms with Crippen LogP contribution in [-0.4, -0.2) is 25.7 Å². The van der Waals surface area contributed by atoms with Crippen molar-refractivity contribution in [3.63, 3.8) is 0 Å². The monoisotopic (exact) mass is 516 g/mol. The van der Waals surface area contributed by atoms with E-state index in [1.54, 1.807) is 96.3 Å². The molecule has 0 atom stereocenters. The van der Waals surface area contributed by atoms with Gasteiger partial charge >= 0.3 is 128 Å². The number of carbonyl (C=O) groups excluding carboxylic acids is 1. The summed E-state index contributed by atoms with van der Waals surface area (Å²) in [5.74, 6) is -1.17. The zero-order chi connectivity index (χ0) is 21.0. The Bertz CT molecular complexity index is 581. The van der Waals surface area contributed by atoms with Crippen LogP contribution in [0.2, 0.25) is 11.8 Å². The van der Waals surface area contributed by atoms with E-state index in [2.05, 4.69) is 0 Å². The number of hydrogen-bond acceptors (Lipinski definition) is 2. The second-order valence-electron chi connectivity index (χ2n) is 9.57. The largest absolute Gasteiger partial charge is 0.545 e. The van der Waals surface area contributed by atoms with E-state index in [0.717, 1.165) is 11.6 Å². The van der Waals surface area contributed by atoms with Gasteiger partial charge in [-0.1, -0.05) is 36.4 Å². The van der Waals surface area contributed by atoms with Gasteiger partial charge in [0.25, 0.3) is 0 Å². The fraction of sp³-hybridized carbons (Fsp3) is 0.667. The number of rotatable bonds is 5. The fourth-order valence-electron chi connectivity index (χ4n) is 6.04. The molecule has 0 unspecified atom stereocenters. The molecular weight excluding hydrogens is 475 g/mol. The van der Waals surface area contributed by atoms with Crippen molar-refractivity contribution in [2.45, 2.75) is 108 Å². The second kappa shape index (κ2) is 13.6. The van der Waals surface area contributed by atoms with Crippen LogP contribution < -0.4 is 5.11 Å². The topological polar surface area (TPSA) is 40.1 Å². The smallest absolute Gasteiger partial charge is 0.0643 e. The van der Waals surface area contributed by atoms with Gasteiger partial charge in [-0.25, -0.2) is 0 Å². The summed E-state index contributed by atoms with van der Waals surface area (Å²) < 4.78 is 3.96. The van der Waals surface area contributed by atoms with Gasteiger partial charge < -0.3 is 9.90 Å². The molecule has 3 saturated carbocycles. The van der Waals surface area contributed by atoms with Gasteiger partial charge in [0.05, 0.1) is 5.97 Å². The third-order valence-corrected chi connectivity index (χ3v) is 20.5. The van der Waals surface area contributed by atoms with E-state index in [9.17, 15) is 9.90 Å². The predicted octanol–water partition coefficient (Wildman–Crippen LogP) is 6.93. The van der Waals surface area contributed by atoms with Crippen LogP contribution in [0.25, 0.3) is 6.08 Å². The van der Waals surface area contributed by atoms with Crippen LogP contribution in [0.4, 0.5) is 0 Å². The zero-order valence-corrected chi connectivity index (χ0v) is 21.6. The average molecular weight is 515 g/mol. The van der Waals surface area contributed by atoms with E-state index < -0.39 is 25.7 Å². The standard InChI is InChI=1S/C9H8O2.3C6H11.Sn/c10-9(11)7-6-8-4-2-1-3-5-8;3*1-2-4-6-5-3-1;/h1-7H,(H,10,11);3*1H,2-6H2;/q;;;;+1/p-1. The van der Waals surface area contributed by atoms with E-state index >= 15 is 0 Å². The Morgan fingerprint density at radius 2 is 1.10 bits per heavy atom. The first-order valence-corrected chi connectivity index (χ1v) is 17.5. The molecule has 0 N–H and O–H groups in total. The molecular formula is C27H40O2Sn. The van der Waals surface area contributed by atoms with Crippen LogP contribution in [0, 0.1) is 0 Å². The first-order chi connectivity index (χ1) is 14.7. The van der Waals surface area contributed by atoms with Crippen molar-refractivity contribution in [2.24, 2.45) is 0 Å². The molecule has 0 radical (unpaired) electrons. The van der Waals surface area contributed by atoms with E-state index in [-0.39, 0.29) is 0 Å². The summed E-state index contributed by atoms with van der Waals surface area (Å²) in [5.41, 5.74) is 0.858. The van der Waals surface area contributed by atoms with E-state index in [4.69, 9.17) is 0 Å². The molecule has 164 valence electrons. The second-order valence-corrected chi connectivity index (χ2v) is 19.4. The molecule has 3 aliphatic rings. The predicted molar refractivity (Wildman–Crippen MR) is 127 cm³/mol. The number of carboxylic acid groups (broad SMARTS) is 1. The van der Waals surface area contributed by atoms with Crippen LogP contribution in [-0.2, 0) is 4.79 Å². The van der Waals surface area contributed by atoms with E-state index in [0.29, 0.717) is 0 Å². The van der Waals surface area contributed by atoms with E-state index in [1.165, 1.54) is 17.9 Å². The van der Waals surface area contributed by atoms with Crippen LogP contribution in [0.1, 0.15) is 102 Å². The normalized spacial score (nSPS) is 21.7. The summed E-state index contributed by atoms with van der Waals surface area (Å²) in [6.07, 6.45) is 26.7. The van der Waals surface area contributed by atoms with Gasteiger partial charge in [-0.15, -0.1) is 0 Å². The molecule has 0 bridgehead atoms. The molecule has 0 aliphatic heterocycles. The van der Waals surface area contributed by atoms with Gasteiger partial charge in [-0.2, -0.15) is 0 Å². The van der Waals surface area contributed by atoms with Crippen LogP contribution >= 0.6 is 0 Å². The minimum Gasteiger partial charge on any atom is -0.545 e. The summed E-state index contributed by atoms with van der Waals surface area (Å²) in [4.78, 5) is 9.97. The van der Waals surface area contributed by atoms with Gasteiger partial charge in [-0.3, -0.25) is 0 Å². The van der Waals surface area contributed by atoms with Gasteiger partial charge in [-0.05, 0) is 11.6 Å². The zero-order valence-electron chi connectivity index (χ0n) is 18.7. The number of carboxylic acids is 1. The maximum atomic E-state index is 9.97. The van der Waals surface area contributed by atoms with Crippen molar-refractivity contribution >= 4 is 31.8 Å². The van der Waals surface area contributed by atoms with Crippen LogP contribution in [0.5, 0.6) is 0 Å². The molecule has 4 rings (SSSR count).